The molecule has 2 rings (SSSR count). The van der Waals surface area contributed by atoms with E-state index in [1.807, 2.05) is 0 Å². The fraction of sp³-hybridized carbons (Fsp3) is 0.500. The first-order chi connectivity index (χ1) is 11.0. The Morgan fingerprint density at radius 1 is 1.35 bits per heavy atom. The van der Waals surface area contributed by atoms with E-state index in [1.54, 1.807) is 30.0 Å². The van der Waals surface area contributed by atoms with E-state index in [2.05, 4.69) is 5.32 Å². The van der Waals surface area contributed by atoms with Crippen LogP contribution >= 0.6 is 11.6 Å². The van der Waals surface area contributed by atoms with Gasteiger partial charge in [0.25, 0.3) is 5.91 Å². The zero-order chi connectivity index (χ0) is 16.8. The molecule has 23 heavy (non-hydrogen) atoms. The topological polar surface area (TPSA) is 67.9 Å². The molecular weight excluding hydrogens is 320 g/mol. The third-order valence-electron chi connectivity index (χ3n) is 3.76. The first-order valence-corrected chi connectivity index (χ1v) is 7.99. The molecule has 2 amide bonds. The molecule has 126 valence electrons. The first kappa shape index (κ1) is 17.4. The smallest absolute Gasteiger partial charge is 0.409 e. The normalized spacial score (nSPS) is 15.2. The number of likely N-dealkylation sites (tertiary alicyclic amines) is 1. The Morgan fingerprint density at radius 3 is 2.65 bits per heavy atom. The number of rotatable bonds is 4. The standard InChI is InChI=1S/C16H21ClN2O4/c1-3-23-16(21)19-8-6-12(7-9-19)18-15(20)13-10-11(17)4-5-14(13)22-2/h4-5,10,12H,3,6-9H2,1-2H3,(H,18,20). The van der Waals surface area contributed by atoms with Gasteiger partial charge in [-0.3, -0.25) is 4.79 Å². The van der Waals surface area contributed by atoms with Crippen molar-refractivity contribution in [1.29, 1.82) is 0 Å². The highest BCUT2D eigenvalue weighted by atomic mass is 35.5. The van der Waals surface area contributed by atoms with Crippen LogP contribution in [-0.2, 0) is 4.74 Å². The number of methoxy groups -OCH3 is 1. The quantitative estimate of drug-likeness (QED) is 0.915. The minimum atomic E-state index is -0.297. The second-order valence-electron chi connectivity index (χ2n) is 5.28. The lowest BCUT2D eigenvalue weighted by Gasteiger charge is -2.31. The van der Waals surface area contributed by atoms with Crippen molar-refractivity contribution >= 4 is 23.6 Å². The molecular formula is C16H21ClN2O4. The molecule has 1 aliphatic rings. The fourth-order valence-electron chi connectivity index (χ4n) is 2.54. The van der Waals surface area contributed by atoms with Crippen LogP contribution in [0.1, 0.15) is 30.1 Å². The van der Waals surface area contributed by atoms with E-state index in [4.69, 9.17) is 21.1 Å². The molecule has 1 aliphatic heterocycles. The molecule has 0 unspecified atom stereocenters. The molecule has 0 aromatic heterocycles. The van der Waals surface area contributed by atoms with Crippen LogP contribution in [-0.4, -0.2) is 49.7 Å². The van der Waals surface area contributed by atoms with Crippen LogP contribution in [0.2, 0.25) is 5.02 Å². The minimum absolute atomic E-state index is 0.0110. The van der Waals surface area contributed by atoms with Gasteiger partial charge in [0, 0.05) is 24.2 Å². The van der Waals surface area contributed by atoms with Crippen molar-refractivity contribution in [2.75, 3.05) is 26.8 Å². The highest BCUT2D eigenvalue weighted by Gasteiger charge is 2.25. The molecule has 0 atom stereocenters. The van der Waals surface area contributed by atoms with Gasteiger partial charge in [-0.1, -0.05) is 11.6 Å². The molecule has 1 aromatic carbocycles. The minimum Gasteiger partial charge on any atom is -0.496 e. The maximum Gasteiger partial charge on any atom is 0.409 e. The van der Waals surface area contributed by atoms with E-state index in [-0.39, 0.29) is 18.0 Å². The molecule has 1 heterocycles. The van der Waals surface area contributed by atoms with Crippen LogP contribution in [0.4, 0.5) is 4.79 Å². The Kier molecular flexibility index (Phi) is 6.10. The fourth-order valence-corrected chi connectivity index (χ4v) is 2.71. The van der Waals surface area contributed by atoms with Gasteiger partial charge in [-0.2, -0.15) is 0 Å². The molecule has 7 heteroatoms. The van der Waals surface area contributed by atoms with Gasteiger partial charge in [0.2, 0.25) is 0 Å². The SMILES string of the molecule is CCOC(=O)N1CCC(NC(=O)c2cc(Cl)ccc2OC)CC1. The lowest BCUT2D eigenvalue weighted by Crippen LogP contribution is -2.46. The van der Waals surface area contributed by atoms with E-state index in [0.717, 1.165) is 0 Å². The number of benzene rings is 1. The van der Waals surface area contributed by atoms with E-state index in [1.165, 1.54) is 7.11 Å². The lowest BCUT2D eigenvalue weighted by molar-refractivity contribution is 0.0858. The van der Waals surface area contributed by atoms with Gasteiger partial charge in [-0.15, -0.1) is 0 Å². The Morgan fingerprint density at radius 2 is 2.04 bits per heavy atom. The third-order valence-corrected chi connectivity index (χ3v) is 4.00. The predicted octanol–water partition coefficient (Wildman–Crippen LogP) is 2.70. The number of halogens is 1. The number of hydrogen-bond acceptors (Lipinski definition) is 4. The molecule has 1 aromatic rings. The molecule has 0 saturated carbocycles. The summed E-state index contributed by atoms with van der Waals surface area (Å²) >= 11 is 5.95. The Labute approximate surface area is 140 Å². The molecule has 0 spiro atoms. The number of piperidine rings is 1. The molecule has 6 nitrogen and oxygen atoms in total. The van der Waals surface area contributed by atoms with Crippen molar-refractivity contribution in [1.82, 2.24) is 10.2 Å². The monoisotopic (exact) mass is 340 g/mol. The number of nitrogens with zero attached hydrogens (tertiary/aromatic N) is 1. The maximum atomic E-state index is 12.4. The number of ether oxygens (including phenoxy) is 2. The number of hydrogen-bond donors (Lipinski definition) is 1. The summed E-state index contributed by atoms with van der Waals surface area (Å²) in [7, 11) is 1.51. The Hall–Kier alpha value is -1.95. The summed E-state index contributed by atoms with van der Waals surface area (Å²) in [4.78, 5) is 25.7. The summed E-state index contributed by atoms with van der Waals surface area (Å²) in [5, 5.41) is 3.45. The van der Waals surface area contributed by atoms with Crippen LogP contribution in [0, 0.1) is 0 Å². The highest BCUT2D eigenvalue weighted by Crippen LogP contribution is 2.23. The van der Waals surface area contributed by atoms with Crippen molar-refractivity contribution in [2.45, 2.75) is 25.8 Å². The van der Waals surface area contributed by atoms with Crippen molar-refractivity contribution in [3.05, 3.63) is 28.8 Å². The molecule has 0 bridgehead atoms. The summed E-state index contributed by atoms with van der Waals surface area (Å²) in [6, 6.07) is 4.94. The Bertz CT molecular complexity index is 571. The van der Waals surface area contributed by atoms with Gasteiger partial charge < -0.3 is 19.7 Å². The summed E-state index contributed by atoms with van der Waals surface area (Å²) < 4.78 is 10.2. The summed E-state index contributed by atoms with van der Waals surface area (Å²) in [6.45, 7) is 3.28. The second kappa shape index (κ2) is 8.06. The maximum absolute atomic E-state index is 12.4. The van der Waals surface area contributed by atoms with E-state index in [0.29, 0.717) is 48.9 Å². The molecule has 1 N–H and O–H groups in total. The predicted molar refractivity (Wildman–Crippen MR) is 87.1 cm³/mol. The van der Waals surface area contributed by atoms with Crippen molar-refractivity contribution in [2.24, 2.45) is 0 Å². The summed E-state index contributed by atoms with van der Waals surface area (Å²) in [6.07, 6.45) is 1.08. The summed E-state index contributed by atoms with van der Waals surface area (Å²) in [5.41, 5.74) is 0.410. The molecule has 1 fully saturated rings. The van der Waals surface area contributed by atoms with Crippen LogP contribution < -0.4 is 10.1 Å². The lowest BCUT2D eigenvalue weighted by atomic mass is 10.0. The van der Waals surface area contributed by atoms with Crippen molar-refractivity contribution in [3.63, 3.8) is 0 Å². The van der Waals surface area contributed by atoms with Gasteiger partial charge in [0.15, 0.2) is 0 Å². The zero-order valence-corrected chi connectivity index (χ0v) is 14.1. The average Bonchev–Trinajstić information content (AvgIpc) is 2.55. The van der Waals surface area contributed by atoms with Crippen LogP contribution in [0.25, 0.3) is 0 Å². The van der Waals surface area contributed by atoms with E-state index < -0.39 is 0 Å². The van der Waals surface area contributed by atoms with Crippen LogP contribution in [0.15, 0.2) is 18.2 Å². The average molecular weight is 341 g/mol. The number of nitrogens with one attached hydrogen (secondary N) is 1. The van der Waals surface area contributed by atoms with Gasteiger partial charge in [0.1, 0.15) is 5.75 Å². The molecule has 1 saturated heterocycles. The largest absolute Gasteiger partial charge is 0.496 e. The van der Waals surface area contributed by atoms with Gasteiger partial charge in [0.05, 0.1) is 19.3 Å². The van der Waals surface area contributed by atoms with Crippen molar-refractivity contribution < 1.29 is 19.1 Å². The number of carbonyl (C=O) groups excluding carboxylic acids is 2. The van der Waals surface area contributed by atoms with Crippen LogP contribution in [0.5, 0.6) is 5.75 Å². The molecule has 0 radical (unpaired) electrons. The van der Waals surface area contributed by atoms with Gasteiger partial charge in [-0.25, -0.2) is 4.79 Å². The first-order valence-electron chi connectivity index (χ1n) is 7.61. The van der Waals surface area contributed by atoms with Crippen molar-refractivity contribution in [3.8, 4) is 5.75 Å². The van der Waals surface area contributed by atoms with E-state index >= 15 is 0 Å². The van der Waals surface area contributed by atoms with E-state index in [9.17, 15) is 9.59 Å². The number of carbonyl (C=O) groups is 2. The zero-order valence-electron chi connectivity index (χ0n) is 13.3. The Balaban J connectivity index is 1.93. The van der Waals surface area contributed by atoms with Crippen LogP contribution in [0.3, 0.4) is 0 Å². The summed E-state index contributed by atoms with van der Waals surface area (Å²) in [5.74, 6) is 0.259. The third kappa shape index (κ3) is 4.51. The van der Waals surface area contributed by atoms with Gasteiger partial charge >= 0.3 is 6.09 Å². The number of amides is 2. The second-order valence-corrected chi connectivity index (χ2v) is 5.71. The highest BCUT2D eigenvalue weighted by molar-refractivity contribution is 6.31. The van der Waals surface area contributed by atoms with Gasteiger partial charge in [-0.05, 0) is 38.0 Å². The molecule has 0 aliphatic carbocycles.